The smallest absolute Gasteiger partial charge is 0.378 e. The number of nitrogens with zero attached hydrogens (tertiary/aromatic N) is 4. The molecule has 1 unspecified atom stereocenters. The van der Waals surface area contributed by atoms with E-state index in [0.29, 0.717) is 25.3 Å². The Morgan fingerprint density at radius 1 is 1.14 bits per heavy atom. The van der Waals surface area contributed by atoms with Crippen molar-refractivity contribution in [3.8, 4) is 0 Å². The van der Waals surface area contributed by atoms with Crippen LogP contribution in [0, 0.1) is 0 Å². The van der Waals surface area contributed by atoms with E-state index in [2.05, 4.69) is 9.97 Å². The van der Waals surface area contributed by atoms with Crippen molar-refractivity contribution in [1.29, 1.82) is 0 Å². The number of ether oxygens (including phenoxy) is 1. The molecule has 3 heterocycles. The Kier molecular flexibility index (Phi) is 5.44. The summed E-state index contributed by atoms with van der Waals surface area (Å²) in [5.74, 6) is 0.457. The second-order valence-electron chi connectivity index (χ2n) is 7.85. The van der Waals surface area contributed by atoms with Crippen molar-refractivity contribution in [3.63, 3.8) is 0 Å². The van der Waals surface area contributed by atoms with Crippen molar-refractivity contribution in [2.24, 2.45) is 0 Å². The molecule has 154 valence electrons. The third kappa shape index (κ3) is 4.39. The molecule has 0 N–H and O–H groups in total. The highest BCUT2D eigenvalue weighted by atomic mass is 19.4. The fourth-order valence-corrected chi connectivity index (χ4v) is 4.19. The molecule has 1 aliphatic carbocycles. The summed E-state index contributed by atoms with van der Waals surface area (Å²) in [5.41, 5.74) is -0.910. The normalized spacial score (nSPS) is 23.8. The molecule has 4 rings (SSSR count). The molecule has 1 aromatic heterocycles. The van der Waals surface area contributed by atoms with Crippen LogP contribution in [0.2, 0.25) is 0 Å². The Hall–Kier alpha value is -1.90. The van der Waals surface area contributed by atoms with Crippen molar-refractivity contribution in [2.75, 3.05) is 24.6 Å². The van der Waals surface area contributed by atoms with Crippen LogP contribution in [0.5, 0.6) is 0 Å². The van der Waals surface area contributed by atoms with E-state index in [4.69, 9.17) is 4.74 Å². The lowest BCUT2D eigenvalue weighted by molar-refractivity contribution is -0.141. The van der Waals surface area contributed by atoms with Crippen LogP contribution in [0.15, 0.2) is 12.4 Å². The number of carbonyl (C=O) groups is 1. The number of rotatable bonds is 5. The van der Waals surface area contributed by atoms with E-state index in [1.165, 1.54) is 0 Å². The van der Waals surface area contributed by atoms with Gasteiger partial charge in [-0.25, -0.2) is 9.97 Å². The number of hydrogen-bond acceptors (Lipinski definition) is 5. The largest absolute Gasteiger partial charge is 0.433 e. The quantitative estimate of drug-likeness (QED) is 0.763. The first kappa shape index (κ1) is 19.4. The number of likely N-dealkylation sites (tertiary alicyclic amines) is 1. The van der Waals surface area contributed by atoms with E-state index in [0.717, 1.165) is 57.5 Å². The van der Waals surface area contributed by atoms with Crippen molar-refractivity contribution in [2.45, 2.75) is 69.3 Å². The molecule has 0 spiro atoms. The summed E-state index contributed by atoms with van der Waals surface area (Å²) in [6.45, 7) is 1.97. The molecule has 1 amide bonds. The van der Waals surface area contributed by atoms with Gasteiger partial charge in [0.15, 0.2) is 0 Å². The standard InChI is InChI=1S/C19H25F3N4O2/c20-19(21,22)16-11-17(24-12-23-16)26(13-3-4-13)14-5-7-25(8-6-14)18(27)10-15-2-1-9-28-15/h11-15H,1-10H2. The minimum atomic E-state index is -4.48. The molecular weight excluding hydrogens is 373 g/mol. The maximum Gasteiger partial charge on any atom is 0.433 e. The molecule has 0 radical (unpaired) electrons. The molecule has 28 heavy (non-hydrogen) atoms. The summed E-state index contributed by atoms with van der Waals surface area (Å²) in [4.78, 5) is 23.9. The number of alkyl halides is 3. The second kappa shape index (κ2) is 7.85. The average molecular weight is 398 g/mol. The van der Waals surface area contributed by atoms with Crippen LogP contribution in [-0.4, -0.2) is 58.7 Å². The Labute approximate surface area is 162 Å². The topological polar surface area (TPSA) is 58.6 Å². The molecule has 2 aliphatic heterocycles. The van der Waals surface area contributed by atoms with Gasteiger partial charge in [-0.15, -0.1) is 0 Å². The van der Waals surface area contributed by atoms with Gasteiger partial charge in [-0.1, -0.05) is 0 Å². The third-order valence-electron chi connectivity index (χ3n) is 5.78. The lowest BCUT2D eigenvalue weighted by Gasteiger charge is -2.39. The molecule has 3 aliphatic rings. The van der Waals surface area contributed by atoms with E-state index >= 15 is 0 Å². The van der Waals surface area contributed by atoms with Crippen LogP contribution >= 0.6 is 0 Å². The average Bonchev–Trinajstić information content (AvgIpc) is 3.37. The highest BCUT2D eigenvalue weighted by molar-refractivity contribution is 5.76. The molecule has 1 atom stereocenters. The number of aromatic nitrogens is 2. The lowest BCUT2D eigenvalue weighted by atomic mass is 10.0. The second-order valence-corrected chi connectivity index (χ2v) is 7.85. The number of amides is 1. The number of anilines is 1. The predicted molar refractivity (Wildman–Crippen MR) is 95.7 cm³/mol. The van der Waals surface area contributed by atoms with Gasteiger partial charge in [0.05, 0.1) is 12.5 Å². The summed E-state index contributed by atoms with van der Waals surface area (Å²) in [5, 5.41) is 0. The minimum Gasteiger partial charge on any atom is -0.378 e. The monoisotopic (exact) mass is 398 g/mol. The molecule has 0 bridgehead atoms. The predicted octanol–water partition coefficient (Wildman–Crippen LogP) is 3.02. The number of piperidine rings is 1. The molecule has 3 fully saturated rings. The SMILES string of the molecule is O=C(CC1CCCO1)N1CCC(N(c2cc(C(F)(F)F)ncn2)C2CC2)CC1. The van der Waals surface area contributed by atoms with Crippen LogP contribution in [0.4, 0.5) is 19.0 Å². The number of hydrogen-bond donors (Lipinski definition) is 0. The van der Waals surface area contributed by atoms with Crippen LogP contribution in [0.3, 0.4) is 0 Å². The van der Waals surface area contributed by atoms with E-state index in [1.54, 1.807) is 0 Å². The highest BCUT2D eigenvalue weighted by Crippen LogP contribution is 2.37. The van der Waals surface area contributed by atoms with Gasteiger partial charge in [0.2, 0.25) is 5.91 Å². The van der Waals surface area contributed by atoms with E-state index in [1.807, 2.05) is 9.80 Å². The summed E-state index contributed by atoms with van der Waals surface area (Å²) < 4.78 is 44.7. The molecule has 2 saturated heterocycles. The summed E-state index contributed by atoms with van der Waals surface area (Å²) in [6.07, 6.45) is 2.32. The van der Waals surface area contributed by atoms with Gasteiger partial charge < -0.3 is 14.5 Å². The molecule has 6 nitrogen and oxygen atoms in total. The maximum absolute atomic E-state index is 13.0. The molecule has 1 aromatic rings. The van der Waals surface area contributed by atoms with E-state index in [-0.39, 0.29) is 24.1 Å². The van der Waals surface area contributed by atoms with Crippen molar-refractivity contribution < 1.29 is 22.7 Å². The van der Waals surface area contributed by atoms with Gasteiger partial charge in [-0.2, -0.15) is 13.2 Å². The van der Waals surface area contributed by atoms with Gasteiger partial charge in [-0.3, -0.25) is 4.79 Å². The Bertz CT molecular complexity index is 697. The first-order valence-corrected chi connectivity index (χ1v) is 9.99. The fraction of sp³-hybridized carbons (Fsp3) is 0.737. The Balaban J connectivity index is 1.40. The van der Waals surface area contributed by atoms with E-state index < -0.39 is 11.9 Å². The van der Waals surface area contributed by atoms with Gasteiger partial charge >= 0.3 is 6.18 Å². The number of halogens is 3. The van der Waals surface area contributed by atoms with Gasteiger partial charge in [0.1, 0.15) is 17.8 Å². The third-order valence-corrected chi connectivity index (χ3v) is 5.78. The van der Waals surface area contributed by atoms with E-state index in [9.17, 15) is 18.0 Å². The van der Waals surface area contributed by atoms with Gasteiger partial charge in [-0.05, 0) is 38.5 Å². The fourth-order valence-electron chi connectivity index (χ4n) is 4.19. The highest BCUT2D eigenvalue weighted by Gasteiger charge is 2.39. The van der Waals surface area contributed by atoms with Crippen LogP contribution in [0.25, 0.3) is 0 Å². The first-order chi connectivity index (χ1) is 13.4. The van der Waals surface area contributed by atoms with Crippen molar-refractivity contribution >= 4 is 11.7 Å². The van der Waals surface area contributed by atoms with Gasteiger partial charge in [0, 0.05) is 37.8 Å². The summed E-state index contributed by atoms with van der Waals surface area (Å²) in [6, 6.07) is 1.37. The lowest BCUT2D eigenvalue weighted by Crippen LogP contribution is -2.48. The maximum atomic E-state index is 13.0. The van der Waals surface area contributed by atoms with Crippen molar-refractivity contribution in [1.82, 2.24) is 14.9 Å². The minimum absolute atomic E-state index is 0.0370. The zero-order valence-electron chi connectivity index (χ0n) is 15.7. The van der Waals surface area contributed by atoms with Crippen LogP contribution < -0.4 is 4.90 Å². The number of carbonyl (C=O) groups excluding carboxylic acids is 1. The zero-order chi connectivity index (χ0) is 19.7. The summed E-state index contributed by atoms with van der Waals surface area (Å²) >= 11 is 0. The molecule has 0 aromatic carbocycles. The van der Waals surface area contributed by atoms with Crippen LogP contribution in [0.1, 0.15) is 50.6 Å². The summed E-state index contributed by atoms with van der Waals surface area (Å²) in [7, 11) is 0. The molecule has 9 heteroatoms. The first-order valence-electron chi connectivity index (χ1n) is 9.99. The molecule has 1 saturated carbocycles. The Morgan fingerprint density at radius 3 is 2.46 bits per heavy atom. The van der Waals surface area contributed by atoms with Crippen molar-refractivity contribution in [3.05, 3.63) is 18.1 Å². The Morgan fingerprint density at radius 2 is 1.86 bits per heavy atom. The van der Waals surface area contributed by atoms with Gasteiger partial charge in [0.25, 0.3) is 0 Å². The van der Waals surface area contributed by atoms with Crippen LogP contribution in [-0.2, 0) is 15.7 Å². The molecular formula is C19H25F3N4O2. The zero-order valence-corrected chi connectivity index (χ0v) is 15.7.